The third-order valence-corrected chi connectivity index (χ3v) is 5.21. The largest absolute Gasteiger partial charge is 0.367 e. The molecule has 2 heterocycles. The van der Waals surface area contributed by atoms with Crippen LogP contribution in [0.1, 0.15) is 24.8 Å². The smallest absolute Gasteiger partial charge is 0.0402 e. The Bertz CT molecular complexity index is 420. The van der Waals surface area contributed by atoms with E-state index in [1.165, 1.54) is 51.0 Å². The van der Waals surface area contributed by atoms with Gasteiger partial charge < -0.3 is 10.2 Å². The second-order valence-corrected chi connectivity index (χ2v) is 6.17. The number of hydrogen-bond acceptors (Lipinski definition) is 2. The van der Waals surface area contributed by atoms with Crippen molar-refractivity contribution in [2.45, 2.75) is 31.7 Å². The summed E-state index contributed by atoms with van der Waals surface area (Å²) in [4.78, 5) is 2.74. The minimum atomic E-state index is 0.809. The number of rotatable bonds is 1. The molecule has 4 rings (SSSR count). The molecule has 1 aliphatic carbocycles. The van der Waals surface area contributed by atoms with Crippen LogP contribution in [-0.4, -0.2) is 25.7 Å². The third-order valence-electron chi connectivity index (χ3n) is 5.21. The van der Waals surface area contributed by atoms with Gasteiger partial charge in [0.2, 0.25) is 0 Å². The number of nitrogens with one attached hydrogen (secondary N) is 1. The molecule has 3 aliphatic rings. The van der Waals surface area contributed by atoms with Gasteiger partial charge in [-0.2, -0.15) is 0 Å². The van der Waals surface area contributed by atoms with Crippen LogP contribution in [0.2, 0.25) is 0 Å². The maximum atomic E-state index is 3.64. The summed E-state index contributed by atoms with van der Waals surface area (Å²) >= 11 is 0. The first-order chi connectivity index (χ1) is 8.93. The molecule has 96 valence electrons. The van der Waals surface area contributed by atoms with Crippen LogP contribution < -0.4 is 10.2 Å². The third kappa shape index (κ3) is 1.58. The number of nitrogens with zero attached hydrogens (tertiary/aromatic N) is 1. The average Bonchev–Trinajstić information content (AvgIpc) is 2.81. The van der Waals surface area contributed by atoms with E-state index in [9.17, 15) is 0 Å². The van der Waals surface area contributed by atoms with Crippen LogP contribution in [0.15, 0.2) is 24.3 Å². The first kappa shape index (κ1) is 10.9. The summed E-state index contributed by atoms with van der Waals surface area (Å²) in [5, 5.41) is 3.64. The first-order valence-electron chi connectivity index (χ1n) is 7.49. The Labute approximate surface area is 109 Å². The Morgan fingerprint density at radius 1 is 1.06 bits per heavy atom. The van der Waals surface area contributed by atoms with Crippen LogP contribution in [0.5, 0.6) is 0 Å². The molecule has 2 heteroatoms. The van der Waals surface area contributed by atoms with Crippen LogP contribution in [0.3, 0.4) is 0 Å². The molecule has 3 atom stereocenters. The van der Waals surface area contributed by atoms with Crippen molar-refractivity contribution in [3.8, 4) is 0 Å². The predicted molar refractivity (Wildman–Crippen MR) is 75.0 cm³/mol. The van der Waals surface area contributed by atoms with E-state index in [1.54, 1.807) is 5.56 Å². The highest BCUT2D eigenvalue weighted by Gasteiger charge is 2.41. The second-order valence-electron chi connectivity index (χ2n) is 6.17. The van der Waals surface area contributed by atoms with Gasteiger partial charge in [-0.25, -0.2) is 0 Å². The fourth-order valence-electron chi connectivity index (χ4n) is 4.45. The Kier molecular flexibility index (Phi) is 2.58. The van der Waals surface area contributed by atoms with E-state index in [2.05, 4.69) is 34.5 Å². The Morgan fingerprint density at radius 2 is 1.83 bits per heavy atom. The van der Waals surface area contributed by atoms with Gasteiger partial charge >= 0.3 is 0 Å². The second kappa shape index (κ2) is 4.27. The molecule has 1 aromatic carbocycles. The maximum Gasteiger partial charge on any atom is 0.0402 e. The zero-order valence-corrected chi connectivity index (χ0v) is 10.9. The molecule has 2 nitrogen and oxygen atoms in total. The Balaban J connectivity index is 1.67. The van der Waals surface area contributed by atoms with Gasteiger partial charge in [-0.15, -0.1) is 0 Å². The molecule has 0 aromatic heterocycles. The van der Waals surface area contributed by atoms with Crippen LogP contribution in [0, 0.1) is 11.8 Å². The fraction of sp³-hybridized carbons (Fsp3) is 0.625. The first-order valence-corrected chi connectivity index (χ1v) is 7.49. The van der Waals surface area contributed by atoms with Gasteiger partial charge in [-0.1, -0.05) is 24.6 Å². The zero-order valence-electron chi connectivity index (χ0n) is 10.9. The topological polar surface area (TPSA) is 15.3 Å². The van der Waals surface area contributed by atoms with E-state index in [0.717, 1.165) is 17.9 Å². The molecule has 1 aromatic rings. The van der Waals surface area contributed by atoms with E-state index in [1.807, 2.05) is 0 Å². The van der Waals surface area contributed by atoms with E-state index < -0.39 is 0 Å². The Morgan fingerprint density at radius 3 is 2.67 bits per heavy atom. The number of benzene rings is 1. The van der Waals surface area contributed by atoms with Crippen LogP contribution >= 0.6 is 0 Å². The molecule has 0 amide bonds. The highest BCUT2D eigenvalue weighted by molar-refractivity contribution is 5.59. The SMILES string of the molecule is c1ccc2c(c1)CCN2C1[C@@H]2CCC[C@H]1CNC2. The standard InChI is InChI=1S/C16H22N2/c1-2-7-15-12(4-1)8-9-18(15)16-13-5-3-6-14(16)11-17-10-13/h1-2,4,7,13-14,16-17H,3,5-6,8-11H2/t13-,14+,16?. The summed E-state index contributed by atoms with van der Waals surface area (Å²) in [5.41, 5.74) is 3.09. The minimum Gasteiger partial charge on any atom is -0.367 e. The summed E-state index contributed by atoms with van der Waals surface area (Å²) in [7, 11) is 0. The number of hydrogen-bond donors (Lipinski definition) is 1. The lowest BCUT2D eigenvalue weighted by molar-refractivity contribution is 0.162. The van der Waals surface area contributed by atoms with Gasteiger partial charge in [0, 0.05) is 18.3 Å². The van der Waals surface area contributed by atoms with Gasteiger partial charge in [-0.3, -0.25) is 0 Å². The highest BCUT2D eigenvalue weighted by atomic mass is 15.2. The van der Waals surface area contributed by atoms with Crippen molar-refractivity contribution >= 4 is 5.69 Å². The van der Waals surface area contributed by atoms with Crippen molar-refractivity contribution in [1.29, 1.82) is 0 Å². The van der Waals surface area contributed by atoms with Crippen molar-refractivity contribution in [2.24, 2.45) is 11.8 Å². The van der Waals surface area contributed by atoms with E-state index >= 15 is 0 Å². The lowest BCUT2D eigenvalue weighted by Gasteiger charge is -2.48. The van der Waals surface area contributed by atoms with E-state index in [4.69, 9.17) is 0 Å². The predicted octanol–water partition coefficient (Wildman–Crippen LogP) is 2.44. The monoisotopic (exact) mass is 242 g/mol. The molecule has 2 bridgehead atoms. The maximum absolute atomic E-state index is 3.64. The highest BCUT2D eigenvalue weighted by Crippen LogP contribution is 2.40. The molecule has 1 unspecified atom stereocenters. The van der Waals surface area contributed by atoms with Gasteiger partial charge in [-0.05, 0) is 55.8 Å². The van der Waals surface area contributed by atoms with Crippen molar-refractivity contribution < 1.29 is 0 Å². The van der Waals surface area contributed by atoms with Crippen molar-refractivity contribution in [2.75, 3.05) is 24.5 Å². The number of fused-ring (bicyclic) bond motifs is 3. The molecular formula is C16H22N2. The van der Waals surface area contributed by atoms with Crippen molar-refractivity contribution in [3.05, 3.63) is 29.8 Å². The molecule has 1 saturated carbocycles. The molecule has 0 spiro atoms. The normalized spacial score (nSPS) is 34.4. The van der Waals surface area contributed by atoms with Crippen molar-refractivity contribution in [3.63, 3.8) is 0 Å². The van der Waals surface area contributed by atoms with Gasteiger partial charge in [0.15, 0.2) is 0 Å². The quantitative estimate of drug-likeness (QED) is 0.813. The summed E-state index contributed by atoms with van der Waals surface area (Å²) in [6.07, 6.45) is 5.54. The number of para-hydroxylation sites is 1. The van der Waals surface area contributed by atoms with Crippen LogP contribution in [-0.2, 0) is 6.42 Å². The van der Waals surface area contributed by atoms with E-state index in [-0.39, 0.29) is 0 Å². The average molecular weight is 242 g/mol. The number of anilines is 1. The van der Waals surface area contributed by atoms with E-state index in [0.29, 0.717) is 0 Å². The summed E-state index contributed by atoms with van der Waals surface area (Å²) < 4.78 is 0. The molecule has 0 radical (unpaired) electrons. The van der Waals surface area contributed by atoms with Gasteiger partial charge in [0.05, 0.1) is 0 Å². The van der Waals surface area contributed by atoms with Crippen molar-refractivity contribution in [1.82, 2.24) is 5.32 Å². The summed E-state index contributed by atoms with van der Waals surface area (Å²) in [5.74, 6) is 1.76. The molecule has 1 N–H and O–H groups in total. The summed E-state index contributed by atoms with van der Waals surface area (Å²) in [6.45, 7) is 3.72. The lowest BCUT2D eigenvalue weighted by atomic mass is 9.73. The lowest BCUT2D eigenvalue weighted by Crippen LogP contribution is -2.57. The summed E-state index contributed by atoms with van der Waals surface area (Å²) in [6, 6.07) is 9.84. The number of piperidine rings is 1. The zero-order chi connectivity index (χ0) is 11.9. The minimum absolute atomic E-state index is 0.809. The molecule has 1 saturated heterocycles. The molecular weight excluding hydrogens is 220 g/mol. The Hall–Kier alpha value is -1.02. The van der Waals surface area contributed by atoms with Crippen LogP contribution in [0.25, 0.3) is 0 Å². The molecule has 2 fully saturated rings. The van der Waals surface area contributed by atoms with Gasteiger partial charge in [0.25, 0.3) is 0 Å². The molecule has 18 heavy (non-hydrogen) atoms. The van der Waals surface area contributed by atoms with Crippen LogP contribution in [0.4, 0.5) is 5.69 Å². The fourth-order valence-corrected chi connectivity index (χ4v) is 4.45. The van der Waals surface area contributed by atoms with Gasteiger partial charge in [0.1, 0.15) is 0 Å². The molecule has 2 aliphatic heterocycles.